The van der Waals surface area contributed by atoms with Crippen LogP contribution in [0.3, 0.4) is 0 Å². The van der Waals surface area contributed by atoms with Crippen molar-refractivity contribution in [3.63, 3.8) is 0 Å². The first-order chi connectivity index (χ1) is 8.84. The van der Waals surface area contributed by atoms with E-state index in [1.54, 1.807) is 6.92 Å². The number of nitrogens with one attached hydrogen (secondary N) is 1. The molecule has 0 aromatic heterocycles. The van der Waals surface area contributed by atoms with Crippen molar-refractivity contribution in [1.82, 2.24) is 4.72 Å². The maximum Gasteiger partial charge on any atom is 0.269 e. The van der Waals surface area contributed by atoms with Gasteiger partial charge in [-0.3, -0.25) is 10.1 Å². The molecule has 1 unspecified atom stereocenters. The largest absolute Gasteiger partial charge is 0.392 e. The molecule has 1 atom stereocenters. The first-order valence-electron chi connectivity index (χ1n) is 5.73. The van der Waals surface area contributed by atoms with Crippen LogP contribution in [-0.2, 0) is 15.8 Å². The Labute approximate surface area is 111 Å². The van der Waals surface area contributed by atoms with Crippen LogP contribution in [-0.4, -0.2) is 31.1 Å². The third-order valence-electron chi connectivity index (χ3n) is 2.51. The Bertz CT molecular complexity index is 527. The average molecular weight is 288 g/mol. The van der Waals surface area contributed by atoms with Gasteiger partial charge in [0.05, 0.1) is 16.8 Å². The van der Waals surface area contributed by atoms with Gasteiger partial charge in [-0.05, 0) is 12.0 Å². The van der Waals surface area contributed by atoms with E-state index in [0.29, 0.717) is 12.0 Å². The molecule has 0 bridgehead atoms. The van der Waals surface area contributed by atoms with E-state index in [1.165, 1.54) is 24.3 Å². The van der Waals surface area contributed by atoms with E-state index in [4.69, 9.17) is 0 Å². The van der Waals surface area contributed by atoms with Crippen molar-refractivity contribution in [2.75, 3.05) is 6.54 Å². The predicted octanol–water partition coefficient (Wildman–Crippen LogP) is 0.785. The molecular formula is C11H16N2O5S. The van der Waals surface area contributed by atoms with Crippen LogP contribution in [0.5, 0.6) is 0 Å². The topological polar surface area (TPSA) is 110 Å². The van der Waals surface area contributed by atoms with Crippen molar-refractivity contribution >= 4 is 15.7 Å². The minimum Gasteiger partial charge on any atom is -0.392 e. The summed E-state index contributed by atoms with van der Waals surface area (Å²) in [4.78, 5) is 9.91. The van der Waals surface area contributed by atoms with Crippen molar-refractivity contribution in [3.8, 4) is 0 Å². The van der Waals surface area contributed by atoms with Gasteiger partial charge in [0.1, 0.15) is 0 Å². The smallest absolute Gasteiger partial charge is 0.269 e. The molecule has 0 fully saturated rings. The summed E-state index contributed by atoms with van der Waals surface area (Å²) < 4.78 is 25.6. The Morgan fingerprint density at radius 2 is 1.95 bits per heavy atom. The summed E-state index contributed by atoms with van der Waals surface area (Å²) >= 11 is 0. The van der Waals surface area contributed by atoms with Crippen LogP contribution in [0, 0.1) is 10.1 Å². The molecule has 2 N–H and O–H groups in total. The Morgan fingerprint density at radius 3 is 2.42 bits per heavy atom. The Kier molecular flexibility index (Phi) is 5.40. The monoisotopic (exact) mass is 288 g/mol. The number of sulfonamides is 1. The number of aliphatic hydroxyl groups excluding tert-OH is 1. The molecule has 1 aromatic carbocycles. The van der Waals surface area contributed by atoms with Crippen molar-refractivity contribution < 1.29 is 18.4 Å². The fourth-order valence-electron chi connectivity index (χ4n) is 1.35. The second kappa shape index (κ2) is 6.60. The van der Waals surface area contributed by atoms with Gasteiger partial charge in [0.15, 0.2) is 0 Å². The molecule has 0 heterocycles. The maximum atomic E-state index is 11.7. The number of nitro groups is 1. The SMILES string of the molecule is CCC(O)CNS(=O)(=O)Cc1ccc([N+](=O)[O-])cc1. The van der Waals surface area contributed by atoms with E-state index < -0.39 is 21.1 Å². The van der Waals surface area contributed by atoms with E-state index in [1.807, 2.05) is 0 Å². The summed E-state index contributed by atoms with van der Waals surface area (Å²) in [5, 5.41) is 19.7. The Hall–Kier alpha value is -1.51. The number of non-ortho nitro benzene ring substituents is 1. The van der Waals surface area contributed by atoms with Gasteiger partial charge >= 0.3 is 0 Å². The number of hydrogen-bond acceptors (Lipinski definition) is 5. The van der Waals surface area contributed by atoms with Crippen LogP contribution in [0.1, 0.15) is 18.9 Å². The summed E-state index contributed by atoms with van der Waals surface area (Å²) in [6.07, 6.45) is -0.258. The van der Waals surface area contributed by atoms with Crippen LogP contribution in [0.4, 0.5) is 5.69 Å². The van der Waals surface area contributed by atoms with Crippen molar-refractivity contribution in [2.24, 2.45) is 0 Å². The lowest BCUT2D eigenvalue weighted by atomic mass is 10.2. The molecule has 1 aromatic rings. The molecule has 0 amide bonds. The van der Waals surface area contributed by atoms with Gasteiger partial charge in [0, 0.05) is 18.7 Å². The van der Waals surface area contributed by atoms with E-state index in [-0.39, 0.29) is 18.0 Å². The summed E-state index contributed by atoms with van der Waals surface area (Å²) in [5.74, 6) is -0.276. The molecule has 8 heteroatoms. The average Bonchev–Trinajstić information content (AvgIpc) is 2.36. The highest BCUT2D eigenvalue weighted by Gasteiger charge is 2.14. The number of rotatable bonds is 7. The van der Waals surface area contributed by atoms with Crippen LogP contribution in [0.2, 0.25) is 0 Å². The van der Waals surface area contributed by atoms with E-state index in [0.717, 1.165) is 0 Å². The second-order valence-electron chi connectivity index (χ2n) is 4.09. The molecule has 1 rings (SSSR count). The molecule has 0 aliphatic rings. The standard InChI is InChI=1S/C11H16N2O5S/c1-2-11(14)7-12-19(17,18)8-9-3-5-10(6-4-9)13(15)16/h3-6,11-12,14H,2,7-8H2,1H3. The highest BCUT2D eigenvalue weighted by atomic mass is 32.2. The predicted molar refractivity (Wildman–Crippen MR) is 70.0 cm³/mol. The van der Waals surface area contributed by atoms with E-state index in [9.17, 15) is 23.6 Å². The third kappa shape index (κ3) is 5.33. The fraction of sp³-hybridized carbons (Fsp3) is 0.455. The van der Waals surface area contributed by atoms with Crippen LogP contribution >= 0.6 is 0 Å². The minimum absolute atomic E-state index is 0.0359. The number of nitro benzene ring substituents is 1. The summed E-state index contributed by atoms with van der Waals surface area (Å²) in [6, 6.07) is 5.30. The van der Waals surface area contributed by atoms with Gasteiger partial charge in [-0.1, -0.05) is 19.1 Å². The first kappa shape index (κ1) is 15.5. The van der Waals surface area contributed by atoms with Crippen LogP contribution in [0.25, 0.3) is 0 Å². The molecule has 0 saturated heterocycles. The number of aliphatic hydroxyl groups is 1. The maximum absolute atomic E-state index is 11.7. The molecule has 0 saturated carbocycles. The molecule has 19 heavy (non-hydrogen) atoms. The van der Waals surface area contributed by atoms with Gasteiger partial charge in [-0.15, -0.1) is 0 Å². The second-order valence-corrected chi connectivity index (χ2v) is 5.90. The molecule has 0 spiro atoms. The zero-order chi connectivity index (χ0) is 14.5. The Balaban J connectivity index is 2.65. The normalized spacial score (nSPS) is 13.2. The quantitative estimate of drug-likeness (QED) is 0.569. The fourth-order valence-corrected chi connectivity index (χ4v) is 2.53. The van der Waals surface area contributed by atoms with Crippen molar-refractivity contribution in [1.29, 1.82) is 0 Å². The zero-order valence-corrected chi connectivity index (χ0v) is 11.3. The number of benzene rings is 1. The van der Waals surface area contributed by atoms with Crippen molar-refractivity contribution in [2.45, 2.75) is 25.2 Å². The number of nitrogens with zero attached hydrogens (tertiary/aromatic N) is 1. The summed E-state index contributed by atoms with van der Waals surface area (Å²) in [6.45, 7) is 1.71. The van der Waals surface area contributed by atoms with Gasteiger partial charge in [0.2, 0.25) is 10.0 Å². The van der Waals surface area contributed by atoms with Gasteiger partial charge in [-0.25, -0.2) is 13.1 Å². The highest BCUT2D eigenvalue weighted by molar-refractivity contribution is 7.88. The zero-order valence-electron chi connectivity index (χ0n) is 10.4. The van der Waals surface area contributed by atoms with Gasteiger partial charge < -0.3 is 5.11 Å². The summed E-state index contributed by atoms with van der Waals surface area (Å²) in [5.41, 5.74) is 0.361. The van der Waals surface area contributed by atoms with Crippen LogP contribution < -0.4 is 4.72 Å². The van der Waals surface area contributed by atoms with Gasteiger partial charge in [-0.2, -0.15) is 0 Å². The van der Waals surface area contributed by atoms with E-state index in [2.05, 4.69) is 4.72 Å². The van der Waals surface area contributed by atoms with Crippen LogP contribution in [0.15, 0.2) is 24.3 Å². The Morgan fingerprint density at radius 1 is 1.37 bits per heavy atom. The van der Waals surface area contributed by atoms with E-state index >= 15 is 0 Å². The number of hydrogen-bond donors (Lipinski definition) is 2. The van der Waals surface area contributed by atoms with Crippen molar-refractivity contribution in [3.05, 3.63) is 39.9 Å². The minimum atomic E-state index is -3.55. The lowest BCUT2D eigenvalue weighted by Gasteiger charge is -2.10. The third-order valence-corrected chi connectivity index (χ3v) is 3.83. The first-order valence-corrected chi connectivity index (χ1v) is 7.38. The molecule has 0 aliphatic heterocycles. The molecule has 7 nitrogen and oxygen atoms in total. The summed E-state index contributed by atoms with van der Waals surface area (Å²) in [7, 11) is -3.55. The lowest BCUT2D eigenvalue weighted by molar-refractivity contribution is -0.384. The lowest BCUT2D eigenvalue weighted by Crippen LogP contribution is -2.32. The molecule has 106 valence electrons. The highest BCUT2D eigenvalue weighted by Crippen LogP contribution is 2.13. The van der Waals surface area contributed by atoms with Gasteiger partial charge in [0.25, 0.3) is 5.69 Å². The molecule has 0 aliphatic carbocycles. The molecular weight excluding hydrogens is 272 g/mol. The molecule has 0 radical (unpaired) electrons.